The maximum absolute atomic E-state index is 13.4. The quantitative estimate of drug-likeness (QED) is 0.797. The molecule has 0 radical (unpaired) electrons. The van der Waals surface area contributed by atoms with Crippen LogP contribution in [0.4, 0.5) is 0 Å². The molecule has 2 bridgehead atoms. The molecule has 0 spiro atoms. The van der Waals surface area contributed by atoms with Gasteiger partial charge >= 0.3 is 0 Å². The molecule has 1 aromatic carbocycles. The summed E-state index contributed by atoms with van der Waals surface area (Å²) in [7, 11) is 0. The summed E-state index contributed by atoms with van der Waals surface area (Å²) in [6.07, 6.45) is 4.54. The largest absolute Gasteiger partial charge is 0.368 e. The second kappa shape index (κ2) is 8.61. The molecule has 7 nitrogen and oxygen atoms in total. The van der Waals surface area contributed by atoms with Crippen molar-refractivity contribution in [2.75, 3.05) is 19.7 Å². The Morgan fingerprint density at radius 2 is 1.87 bits per heavy atom. The normalized spacial score (nSPS) is 32.5. The molecular formula is C24H31N3O4. The van der Waals surface area contributed by atoms with Gasteiger partial charge in [0, 0.05) is 44.6 Å². The van der Waals surface area contributed by atoms with Crippen molar-refractivity contribution in [2.24, 2.45) is 11.8 Å². The molecule has 4 heterocycles. The number of rotatable bonds is 4. The minimum absolute atomic E-state index is 0.0295. The number of carbonyl (C=O) groups is 3. The van der Waals surface area contributed by atoms with Crippen LogP contribution in [0.25, 0.3) is 0 Å². The third-order valence-corrected chi connectivity index (χ3v) is 7.44. The van der Waals surface area contributed by atoms with Gasteiger partial charge in [-0.1, -0.05) is 30.3 Å². The van der Waals surface area contributed by atoms with Crippen molar-refractivity contribution in [1.82, 2.24) is 15.1 Å². The van der Waals surface area contributed by atoms with E-state index in [1.165, 1.54) is 0 Å². The smallest absolute Gasteiger partial charge is 0.251 e. The van der Waals surface area contributed by atoms with Crippen LogP contribution in [-0.4, -0.2) is 65.4 Å². The SMILES string of the molecule is O=C(NCc1ccccc1)[C@H]1[C@@H]2C[C@@H](CN(C(=O)[C@H]3CCCO3)C2)[C@@H]2CCCC(=O)N21. The van der Waals surface area contributed by atoms with Crippen LogP contribution < -0.4 is 5.32 Å². The molecule has 5 atom stereocenters. The number of likely N-dealkylation sites (tertiary alicyclic amines) is 1. The maximum Gasteiger partial charge on any atom is 0.251 e. The van der Waals surface area contributed by atoms with Crippen LogP contribution in [0, 0.1) is 11.8 Å². The van der Waals surface area contributed by atoms with E-state index in [0.29, 0.717) is 32.7 Å². The zero-order valence-corrected chi connectivity index (χ0v) is 17.9. The van der Waals surface area contributed by atoms with Crippen molar-refractivity contribution in [3.05, 3.63) is 35.9 Å². The molecule has 3 amide bonds. The Balaban J connectivity index is 1.36. The standard InChI is InChI=1S/C24H31N3O4/c28-21-10-4-8-19-17-12-18(15-26(14-17)24(30)20-9-5-11-31-20)22(27(19)21)23(29)25-13-16-6-2-1-3-7-16/h1-3,6-7,17-20,22H,4-5,8-15H2,(H,25,29)/t17-,18+,19-,20+,22+/m0/s1. The highest BCUT2D eigenvalue weighted by Gasteiger charge is 2.52. The molecule has 0 aromatic heterocycles. The van der Waals surface area contributed by atoms with Gasteiger partial charge in [0.05, 0.1) is 0 Å². The van der Waals surface area contributed by atoms with E-state index in [4.69, 9.17) is 4.74 Å². The third kappa shape index (κ3) is 3.95. The highest BCUT2D eigenvalue weighted by atomic mass is 16.5. The van der Waals surface area contributed by atoms with E-state index in [1.807, 2.05) is 40.1 Å². The van der Waals surface area contributed by atoms with Crippen LogP contribution in [0.3, 0.4) is 0 Å². The average molecular weight is 426 g/mol. The van der Waals surface area contributed by atoms with Gasteiger partial charge in [0.1, 0.15) is 12.1 Å². The summed E-state index contributed by atoms with van der Waals surface area (Å²) in [6, 6.07) is 9.36. The molecule has 4 aliphatic heterocycles. The van der Waals surface area contributed by atoms with Gasteiger partial charge in [0.15, 0.2) is 0 Å². The predicted molar refractivity (Wildman–Crippen MR) is 114 cm³/mol. The van der Waals surface area contributed by atoms with E-state index in [1.54, 1.807) is 0 Å². The number of piperidine rings is 3. The van der Waals surface area contributed by atoms with Crippen LogP contribution >= 0.6 is 0 Å². The number of ether oxygens (including phenoxy) is 1. The summed E-state index contributed by atoms with van der Waals surface area (Å²) in [5, 5.41) is 3.06. The number of benzene rings is 1. The van der Waals surface area contributed by atoms with Crippen molar-refractivity contribution in [1.29, 1.82) is 0 Å². The van der Waals surface area contributed by atoms with Crippen LogP contribution in [0.2, 0.25) is 0 Å². The first kappa shape index (κ1) is 20.5. The Morgan fingerprint density at radius 1 is 1.06 bits per heavy atom. The number of hydrogen-bond donors (Lipinski definition) is 1. The molecular weight excluding hydrogens is 394 g/mol. The van der Waals surface area contributed by atoms with Gasteiger partial charge in [-0.2, -0.15) is 0 Å². The monoisotopic (exact) mass is 425 g/mol. The summed E-state index contributed by atoms with van der Waals surface area (Å²) < 4.78 is 5.64. The lowest BCUT2D eigenvalue weighted by atomic mass is 9.71. The first-order valence-corrected chi connectivity index (χ1v) is 11.6. The molecule has 0 unspecified atom stereocenters. The highest BCUT2D eigenvalue weighted by molar-refractivity contribution is 5.89. The fourth-order valence-corrected chi connectivity index (χ4v) is 6.04. The van der Waals surface area contributed by atoms with Crippen molar-refractivity contribution in [3.8, 4) is 0 Å². The molecule has 0 aliphatic carbocycles. The summed E-state index contributed by atoms with van der Waals surface area (Å²) in [4.78, 5) is 43.2. The fourth-order valence-electron chi connectivity index (χ4n) is 6.04. The van der Waals surface area contributed by atoms with Gasteiger partial charge in [-0.3, -0.25) is 14.4 Å². The Morgan fingerprint density at radius 3 is 2.65 bits per heavy atom. The number of fused-ring (bicyclic) bond motifs is 4. The number of nitrogens with one attached hydrogen (secondary N) is 1. The zero-order chi connectivity index (χ0) is 21.4. The van der Waals surface area contributed by atoms with E-state index < -0.39 is 6.04 Å². The minimum Gasteiger partial charge on any atom is -0.368 e. The van der Waals surface area contributed by atoms with Crippen molar-refractivity contribution >= 4 is 17.7 Å². The molecule has 7 heteroatoms. The number of hydrogen-bond acceptors (Lipinski definition) is 4. The van der Waals surface area contributed by atoms with Crippen LogP contribution in [0.1, 0.15) is 44.1 Å². The molecule has 1 N–H and O–H groups in total. The Hall–Kier alpha value is -2.41. The third-order valence-electron chi connectivity index (χ3n) is 7.44. The first-order valence-electron chi connectivity index (χ1n) is 11.6. The molecule has 4 saturated heterocycles. The van der Waals surface area contributed by atoms with Gasteiger partial charge in [-0.25, -0.2) is 0 Å². The van der Waals surface area contributed by atoms with Crippen LogP contribution in [0.5, 0.6) is 0 Å². The fraction of sp³-hybridized carbons (Fsp3) is 0.625. The van der Waals surface area contributed by atoms with Crippen molar-refractivity contribution in [2.45, 2.75) is 63.3 Å². The molecule has 0 saturated carbocycles. The van der Waals surface area contributed by atoms with Gasteiger partial charge < -0.3 is 19.9 Å². The van der Waals surface area contributed by atoms with E-state index in [0.717, 1.165) is 37.7 Å². The Bertz CT molecular complexity index is 838. The van der Waals surface area contributed by atoms with E-state index in [2.05, 4.69) is 5.32 Å². The lowest BCUT2D eigenvalue weighted by molar-refractivity contribution is -0.165. The van der Waals surface area contributed by atoms with Crippen LogP contribution in [-0.2, 0) is 25.7 Å². The molecule has 1 aromatic rings. The zero-order valence-electron chi connectivity index (χ0n) is 17.9. The van der Waals surface area contributed by atoms with E-state index in [9.17, 15) is 14.4 Å². The maximum atomic E-state index is 13.4. The molecule has 4 fully saturated rings. The Labute approximate surface area is 183 Å². The summed E-state index contributed by atoms with van der Waals surface area (Å²) in [6.45, 7) is 2.28. The number of nitrogens with zero attached hydrogens (tertiary/aromatic N) is 2. The summed E-state index contributed by atoms with van der Waals surface area (Å²) >= 11 is 0. The van der Waals surface area contributed by atoms with Crippen LogP contribution in [0.15, 0.2) is 30.3 Å². The van der Waals surface area contributed by atoms with E-state index >= 15 is 0 Å². The topological polar surface area (TPSA) is 79.0 Å². The van der Waals surface area contributed by atoms with Gasteiger partial charge in [0.2, 0.25) is 11.8 Å². The van der Waals surface area contributed by atoms with Gasteiger partial charge in [0.25, 0.3) is 5.91 Å². The molecule has 5 rings (SSSR count). The highest BCUT2D eigenvalue weighted by Crippen LogP contribution is 2.42. The lowest BCUT2D eigenvalue weighted by Gasteiger charge is -2.56. The molecule has 166 valence electrons. The predicted octanol–water partition coefficient (Wildman–Crippen LogP) is 1.71. The average Bonchev–Trinajstić information content (AvgIpc) is 3.33. The van der Waals surface area contributed by atoms with Gasteiger partial charge in [-0.05, 0) is 43.6 Å². The lowest BCUT2D eigenvalue weighted by Crippen LogP contribution is -2.69. The van der Waals surface area contributed by atoms with E-state index in [-0.39, 0.29) is 41.7 Å². The van der Waals surface area contributed by atoms with Crippen molar-refractivity contribution < 1.29 is 19.1 Å². The summed E-state index contributed by atoms with van der Waals surface area (Å²) in [5.41, 5.74) is 1.03. The minimum atomic E-state index is -0.502. The molecule has 31 heavy (non-hydrogen) atoms. The van der Waals surface area contributed by atoms with Crippen molar-refractivity contribution in [3.63, 3.8) is 0 Å². The second-order valence-corrected chi connectivity index (χ2v) is 9.41. The molecule has 4 aliphatic rings. The van der Waals surface area contributed by atoms with Gasteiger partial charge in [-0.15, -0.1) is 0 Å². The Kier molecular flexibility index (Phi) is 5.69. The number of amides is 3. The summed E-state index contributed by atoms with van der Waals surface area (Å²) in [5.74, 6) is 0.264. The second-order valence-electron chi connectivity index (χ2n) is 9.41. The number of carbonyl (C=O) groups excluding carboxylic acids is 3. The first-order chi connectivity index (χ1) is 15.1.